The van der Waals surface area contributed by atoms with E-state index in [1.165, 1.54) is 32.1 Å². The predicted molar refractivity (Wildman–Crippen MR) is 189 cm³/mol. The number of aliphatic hydroxyl groups is 1. The Morgan fingerprint density at radius 1 is 0.756 bits per heavy atom. The summed E-state index contributed by atoms with van der Waals surface area (Å²) in [5, 5.41) is 13.7. The van der Waals surface area contributed by atoms with Gasteiger partial charge in [-0.05, 0) is 38.5 Å². The van der Waals surface area contributed by atoms with Crippen molar-refractivity contribution in [1.82, 2.24) is 5.32 Å². The molecule has 0 saturated heterocycles. The fourth-order valence-corrected chi connectivity index (χ4v) is 5.02. The van der Waals surface area contributed by atoms with Gasteiger partial charge in [0.2, 0.25) is 5.91 Å². The van der Waals surface area contributed by atoms with Gasteiger partial charge in [-0.15, -0.1) is 0 Å². The Bertz CT molecular complexity index is 923. The molecule has 0 radical (unpaired) electrons. The number of unbranched alkanes of at least 4 members (excludes halogenated alkanes) is 7. The molecule has 9 heteroatoms. The van der Waals surface area contributed by atoms with Gasteiger partial charge in [-0.1, -0.05) is 126 Å². The zero-order valence-electron chi connectivity index (χ0n) is 29.1. The molecule has 0 aromatic carbocycles. The van der Waals surface area contributed by atoms with Crippen molar-refractivity contribution in [2.24, 2.45) is 0 Å². The summed E-state index contributed by atoms with van der Waals surface area (Å²) in [5.74, 6) is -0.279. The summed E-state index contributed by atoms with van der Waals surface area (Å²) in [4.78, 5) is 22.8. The Hall–Kier alpha value is -1.80. The van der Waals surface area contributed by atoms with Crippen LogP contribution in [0, 0.1) is 0 Å². The lowest BCUT2D eigenvalue weighted by Crippen LogP contribution is -2.46. The number of amides is 1. The quantitative estimate of drug-likeness (QED) is 0.0324. The third-order valence-corrected chi connectivity index (χ3v) is 8.04. The summed E-state index contributed by atoms with van der Waals surface area (Å²) in [6, 6.07) is -0.813. The van der Waals surface area contributed by atoms with E-state index in [0.29, 0.717) is 17.4 Å². The van der Waals surface area contributed by atoms with Gasteiger partial charge in [0, 0.05) is 6.42 Å². The van der Waals surface area contributed by atoms with Gasteiger partial charge in [-0.2, -0.15) is 0 Å². The van der Waals surface area contributed by atoms with Gasteiger partial charge >= 0.3 is 7.82 Å². The van der Waals surface area contributed by atoms with Gasteiger partial charge in [0.25, 0.3) is 0 Å². The number of carbonyl (C=O) groups excluding carboxylic acids is 1. The van der Waals surface area contributed by atoms with Crippen molar-refractivity contribution >= 4 is 13.7 Å². The summed E-state index contributed by atoms with van der Waals surface area (Å²) < 4.78 is 23.3. The van der Waals surface area contributed by atoms with Crippen LogP contribution in [0.5, 0.6) is 0 Å². The molecule has 0 rings (SSSR count). The highest BCUT2D eigenvalue weighted by Gasteiger charge is 2.28. The molecule has 1 amide bonds. The first-order valence-corrected chi connectivity index (χ1v) is 18.6. The zero-order chi connectivity index (χ0) is 33.7. The van der Waals surface area contributed by atoms with Crippen LogP contribution >= 0.6 is 7.82 Å². The van der Waals surface area contributed by atoms with Crippen LogP contribution in [0.1, 0.15) is 110 Å². The molecule has 0 heterocycles. The maximum atomic E-state index is 12.7. The molecule has 0 spiro atoms. The van der Waals surface area contributed by atoms with Gasteiger partial charge in [0.05, 0.1) is 39.9 Å². The fourth-order valence-electron chi connectivity index (χ4n) is 4.29. The SMILES string of the molecule is CC/C=C\C/C=C\C/C=C\C/C=C\C/C=C\CC(=O)NC(COP(=O)(O)OCC[N+](C)(C)C)C(O)CCCCCCCCCC. The van der Waals surface area contributed by atoms with Gasteiger partial charge < -0.3 is 19.8 Å². The molecule has 3 unspecified atom stereocenters. The highest BCUT2D eigenvalue weighted by atomic mass is 31.2. The van der Waals surface area contributed by atoms with Crippen LogP contribution in [0.2, 0.25) is 0 Å². The number of rotatable bonds is 29. The first-order valence-electron chi connectivity index (χ1n) is 17.2. The first-order chi connectivity index (χ1) is 21.5. The van der Waals surface area contributed by atoms with E-state index in [-0.39, 0.29) is 25.5 Å². The van der Waals surface area contributed by atoms with Crippen LogP contribution in [0.3, 0.4) is 0 Å². The number of nitrogens with zero attached hydrogens (tertiary/aromatic N) is 1. The van der Waals surface area contributed by atoms with E-state index < -0.39 is 20.0 Å². The lowest BCUT2D eigenvalue weighted by molar-refractivity contribution is -0.870. The molecular weight excluding hydrogens is 587 g/mol. The monoisotopic (exact) mass is 653 g/mol. The van der Waals surface area contributed by atoms with Crippen molar-refractivity contribution in [2.75, 3.05) is 40.9 Å². The number of aliphatic hydroxyl groups excluding tert-OH is 1. The topological polar surface area (TPSA) is 105 Å². The molecule has 0 aromatic heterocycles. The number of quaternary nitrogens is 1. The standard InChI is InChI=1S/C36H65N2O6P/c1-6-8-10-12-14-16-17-18-19-20-21-22-24-26-28-30-36(40)37-34(33-44-45(41,42)43-32-31-38(3,4)5)35(39)29-27-25-23-15-13-11-9-7-2/h8,10,14,16,18-19,21-22,26,28,34-35,39H,6-7,9,11-13,15,17,20,23-25,27,29-33H2,1-5H3,(H-,37,40,41,42)/p+1/b10-8-,16-14-,19-18-,22-21-,28-26-. The fraction of sp³-hybridized carbons (Fsp3) is 0.694. The van der Waals surface area contributed by atoms with Crippen LogP contribution in [-0.4, -0.2) is 73.4 Å². The summed E-state index contributed by atoms with van der Waals surface area (Å²) in [5.41, 5.74) is 0. The average Bonchev–Trinajstić information content (AvgIpc) is 2.97. The predicted octanol–water partition coefficient (Wildman–Crippen LogP) is 8.34. The van der Waals surface area contributed by atoms with Crippen molar-refractivity contribution in [2.45, 2.75) is 122 Å². The van der Waals surface area contributed by atoms with E-state index in [1.54, 1.807) is 6.08 Å². The van der Waals surface area contributed by atoms with Gasteiger partial charge in [-0.3, -0.25) is 13.8 Å². The molecule has 260 valence electrons. The highest BCUT2D eigenvalue weighted by molar-refractivity contribution is 7.47. The Morgan fingerprint density at radius 2 is 1.24 bits per heavy atom. The molecule has 0 bridgehead atoms. The average molecular weight is 654 g/mol. The Labute approximate surface area is 275 Å². The number of allylic oxidation sites excluding steroid dienone is 9. The largest absolute Gasteiger partial charge is 0.472 e. The molecule has 0 aromatic rings. The van der Waals surface area contributed by atoms with Gasteiger partial charge in [0.15, 0.2) is 0 Å². The van der Waals surface area contributed by atoms with Crippen molar-refractivity contribution in [1.29, 1.82) is 0 Å². The molecule has 0 aliphatic rings. The lowest BCUT2D eigenvalue weighted by atomic mass is 10.0. The van der Waals surface area contributed by atoms with Crippen LogP contribution in [-0.2, 0) is 18.4 Å². The molecular formula is C36H66N2O6P+. The van der Waals surface area contributed by atoms with Crippen molar-refractivity contribution < 1.29 is 32.9 Å². The number of nitrogens with one attached hydrogen (secondary N) is 1. The summed E-state index contributed by atoms with van der Waals surface area (Å²) >= 11 is 0. The van der Waals surface area contributed by atoms with Crippen molar-refractivity contribution in [3.8, 4) is 0 Å². The van der Waals surface area contributed by atoms with E-state index in [2.05, 4.69) is 67.8 Å². The lowest BCUT2D eigenvalue weighted by Gasteiger charge is -2.26. The van der Waals surface area contributed by atoms with E-state index >= 15 is 0 Å². The molecule has 0 aliphatic heterocycles. The Balaban J connectivity index is 4.68. The molecule has 3 atom stereocenters. The van der Waals surface area contributed by atoms with Crippen LogP contribution in [0.15, 0.2) is 60.8 Å². The number of phosphoric ester groups is 1. The van der Waals surface area contributed by atoms with Crippen LogP contribution < -0.4 is 5.32 Å². The van der Waals surface area contributed by atoms with Crippen LogP contribution in [0.4, 0.5) is 0 Å². The normalized spacial score (nSPS) is 15.6. The second-order valence-electron chi connectivity index (χ2n) is 12.5. The first kappa shape index (κ1) is 43.2. The molecule has 0 aliphatic carbocycles. The molecule has 0 fully saturated rings. The summed E-state index contributed by atoms with van der Waals surface area (Å²) in [6.45, 7) is 4.61. The second kappa shape index (κ2) is 28.4. The van der Waals surface area contributed by atoms with E-state index in [4.69, 9.17) is 9.05 Å². The summed E-state index contributed by atoms with van der Waals surface area (Å²) in [7, 11) is 1.54. The molecule has 8 nitrogen and oxygen atoms in total. The van der Waals surface area contributed by atoms with Crippen molar-refractivity contribution in [3.05, 3.63) is 60.8 Å². The Morgan fingerprint density at radius 3 is 1.76 bits per heavy atom. The smallest absolute Gasteiger partial charge is 0.391 e. The van der Waals surface area contributed by atoms with Gasteiger partial charge in [0.1, 0.15) is 13.2 Å². The van der Waals surface area contributed by atoms with E-state index in [9.17, 15) is 19.4 Å². The minimum atomic E-state index is -4.32. The van der Waals surface area contributed by atoms with Gasteiger partial charge in [-0.25, -0.2) is 4.57 Å². The zero-order valence-corrected chi connectivity index (χ0v) is 30.0. The van der Waals surface area contributed by atoms with E-state index in [1.807, 2.05) is 27.2 Å². The van der Waals surface area contributed by atoms with E-state index in [0.717, 1.165) is 51.4 Å². The molecule has 3 N–H and O–H groups in total. The van der Waals surface area contributed by atoms with Crippen LogP contribution in [0.25, 0.3) is 0 Å². The summed E-state index contributed by atoms with van der Waals surface area (Å²) in [6.07, 6.45) is 34.3. The minimum Gasteiger partial charge on any atom is -0.391 e. The number of hydrogen-bond acceptors (Lipinski definition) is 5. The highest BCUT2D eigenvalue weighted by Crippen LogP contribution is 2.43. The minimum absolute atomic E-state index is 0.0547. The van der Waals surface area contributed by atoms with Crippen molar-refractivity contribution in [3.63, 3.8) is 0 Å². The number of carbonyl (C=O) groups is 1. The Kier molecular flexibility index (Phi) is 27.3. The second-order valence-corrected chi connectivity index (χ2v) is 14.0. The third-order valence-electron chi connectivity index (χ3n) is 7.06. The maximum Gasteiger partial charge on any atom is 0.472 e. The molecule has 45 heavy (non-hydrogen) atoms. The molecule has 0 saturated carbocycles. The maximum absolute atomic E-state index is 12.7. The number of phosphoric acid groups is 1. The number of hydrogen-bond donors (Lipinski definition) is 3. The third kappa shape index (κ3) is 30.6. The number of likely N-dealkylation sites (N-methyl/N-ethyl adjacent to an activating group) is 1.